The van der Waals surface area contributed by atoms with Gasteiger partial charge in [-0.15, -0.1) is 0 Å². The molecular weight excluding hydrogens is 375 g/mol. The zero-order chi connectivity index (χ0) is 14.8. The summed E-state index contributed by atoms with van der Waals surface area (Å²) in [6, 6.07) is 7.90. The Hall–Kier alpha value is -0.810. The molecule has 0 saturated heterocycles. The molecule has 0 unspecified atom stereocenters. The summed E-state index contributed by atoms with van der Waals surface area (Å²) in [4.78, 5) is 4.19. The number of hydrogen-bond acceptors (Lipinski definition) is 3. The molecule has 6 heteroatoms. The predicted molar refractivity (Wildman–Crippen MR) is 88.3 cm³/mol. The van der Waals surface area contributed by atoms with Gasteiger partial charge in [0.1, 0.15) is 5.75 Å². The highest BCUT2D eigenvalue weighted by molar-refractivity contribution is 9.10. The average molecular weight is 388 g/mol. The molecule has 0 bridgehead atoms. The number of nitrogens with zero attached hydrogens (tertiary/aromatic N) is 1. The summed E-state index contributed by atoms with van der Waals surface area (Å²) in [6.07, 6.45) is 4.08. The maximum atomic E-state index is 6.17. The Kier molecular flexibility index (Phi) is 4.69. The molecule has 1 heterocycles. The number of pyridine rings is 1. The third-order valence-electron chi connectivity index (χ3n) is 3.18. The van der Waals surface area contributed by atoms with E-state index in [1.54, 1.807) is 18.3 Å². The van der Waals surface area contributed by atoms with E-state index in [-0.39, 0.29) is 0 Å². The number of benzene rings is 1. The van der Waals surface area contributed by atoms with Gasteiger partial charge in [-0.2, -0.15) is 0 Å². The third-order valence-corrected chi connectivity index (χ3v) is 4.32. The lowest BCUT2D eigenvalue weighted by Gasteiger charge is -2.10. The lowest BCUT2D eigenvalue weighted by molar-refractivity contribution is 0.461. The molecule has 0 aliphatic heterocycles. The number of ether oxygens (including phenoxy) is 1. The van der Waals surface area contributed by atoms with Crippen LogP contribution in [0.3, 0.4) is 0 Å². The van der Waals surface area contributed by atoms with Crippen molar-refractivity contribution in [2.24, 2.45) is 0 Å². The lowest BCUT2D eigenvalue weighted by Crippen LogP contribution is -2.15. The Morgan fingerprint density at radius 1 is 1.24 bits per heavy atom. The zero-order valence-electron chi connectivity index (χ0n) is 11.1. The molecular formula is C15H13BrCl2N2O. The van der Waals surface area contributed by atoms with Gasteiger partial charge in [0.25, 0.3) is 0 Å². The van der Waals surface area contributed by atoms with Crippen LogP contribution in [-0.4, -0.2) is 11.0 Å². The molecule has 0 amide bonds. The first-order valence-electron chi connectivity index (χ1n) is 6.62. The highest BCUT2D eigenvalue weighted by Crippen LogP contribution is 2.32. The van der Waals surface area contributed by atoms with Crippen molar-refractivity contribution in [3.63, 3.8) is 0 Å². The lowest BCUT2D eigenvalue weighted by atomic mass is 10.2. The highest BCUT2D eigenvalue weighted by atomic mass is 79.9. The van der Waals surface area contributed by atoms with Gasteiger partial charge in [-0.1, -0.05) is 39.1 Å². The minimum Gasteiger partial charge on any atom is -0.437 e. The van der Waals surface area contributed by atoms with E-state index in [1.165, 1.54) is 12.8 Å². The molecule has 1 aliphatic rings. The fourth-order valence-electron chi connectivity index (χ4n) is 1.86. The van der Waals surface area contributed by atoms with Crippen LogP contribution in [0.15, 0.2) is 34.9 Å². The van der Waals surface area contributed by atoms with E-state index in [4.69, 9.17) is 27.9 Å². The minimum absolute atomic E-state index is 0.479. The Balaban J connectivity index is 1.78. The van der Waals surface area contributed by atoms with Crippen LogP contribution < -0.4 is 10.1 Å². The van der Waals surface area contributed by atoms with Crippen molar-refractivity contribution in [1.82, 2.24) is 10.3 Å². The van der Waals surface area contributed by atoms with Gasteiger partial charge in [0.15, 0.2) is 0 Å². The van der Waals surface area contributed by atoms with Crippen LogP contribution in [0.25, 0.3) is 0 Å². The first kappa shape index (κ1) is 15.1. The van der Waals surface area contributed by atoms with E-state index in [2.05, 4.69) is 26.2 Å². The van der Waals surface area contributed by atoms with Crippen LogP contribution in [0.5, 0.6) is 11.6 Å². The topological polar surface area (TPSA) is 34.1 Å². The molecule has 1 aromatic carbocycles. The number of nitrogens with one attached hydrogen (secondary N) is 1. The van der Waals surface area contributed by atoms with E-state index < -0.39 is 0 Å². The fraction of sp³-hybridized carbons (Fsp3) is 0.267. The van der Waals surface area contributed by atoms with Gasteiger partial charge >= 0.3 is 0 Å². The van der Waals surface area contributed by atoms with Gasteiger partial charge in [0.2, 0.25) is 5.88 Å². The summed E-state index contributed by atoms with van der Waals surface area (Å²) in [5.74, 6) is 1.04. The molecule has 1 aromatic heterocycles. The molecule has 3 rings (SSSR count). The number of rotatable bonds is 5. The summed E-state index contributed by atoms with van der Waals surface area (Å²) >= 11 is 15.7. The van der Waals surface area contributed by atoms with E-state index >= 15 is 0 Å². The van der Waals surface area contributed by atoms with Crippen LogP contribution in [0.4, 0.5) is 0 Å². The molecule has 110 valence electrons. The second-order valence-corrected chi connectivity index (χ2v) is 6.68. The molecule has 0 spiro atoms. The summed E-state index contributed by atoms with van der Waals surface area (Å²) < 4.78 is 6.64. The molecule has 1 aliphatic carbocycles. The van der Waals surface area contributed by atoms with Crippen molar-refractivity contribution < 1.29 is 4.74 Å². The smallest absolute Gasteiger partial charge is 0.219 e. The van der Waals surface area contributed by atoms with Gasteiger partial charge in [-0.3, -0.25) is 0 Å². The maximum absolute atomic E-state index is 6.17. The van der Waals surface area contributed by atoms with Crippen molar-refractivity contribution in [1.29, 1.82) is 0 Å². The Bertz CT molecular complexity index is 662. The van der Waals surface area contributed by atoms with Gasteiger partial charge < -0.3 is 10.1 Å². The normalized spacial score (nSPS) is 14.2. The summed E-state index contributed by atoms with van der Waals surface area (Å²) in [6.45, 7) is 0.717. The van der Waals surface area contributed by atoms with Crippen molar-refractivity contribution in [3.05, 3.63) is 50.5 Å². The molecule has 21 heavy (non-hydrogen) atoms. The zero-order valence-corrected chi connectivity index (χ0v) is 14.2. The van der Waals surface area contributed by atoms with E-state index in [9.17, 15) is 0 Å². The third kappa shape index (κ3) is 4.10. The fourth-order valence-corrected chi connectivity index (χ4v) is 2.53. The molecule has 0 atom stereocenters. The summed E-state index contributed by atoms with van der Waals surface area (Å²) in [7, 11) is 0. The molecule has 0 radical (unpaired) electrons. The highest BCUT2D eigenvalue weighted by Gasteiger charge is 2.20. The first-order chi connectivity index (χ1) is 10.1. The SMILES string of the molecule is Clc1cnc(Oc2cc(Br)ccc2Cl)cc1CNC1CC1. The Morgan fingerprint density at radius 2 is 2.05 bits per heavy atom. The van der Waals surface area contributed by atoms with Crippen LogP contribution in [0, 0.1) is 0 Å². The Morgan fingerprint density at radius 3 is 2.81 bits per heavy atom. The van der Waals surface area contributed by atoms with Crippen molar-refractivity contribution in [2.45, 2.75) is 25.4 Å². The van der Waals surface area contributed by atoms with Crippen molar-refractivity contribution in [2.75, 3.05) is 0 Å². The minimum atomic E-state index is 0.479. The van der Waals surface area contributed by atoms with Gasteiger partial charge in [-0.25, -0.2) is 4.98 Å². The maximum Gasteiger partial charge on any atom is 0.219 e. The standard InChI is InChI=1S/C15H13BrCl2N2O/c16-10-1-4-12(17)14(6-10)21-15-5-9(13(18)8-20-15)7-19-11-2-3-11/h1,4-6,8,11,19H,2-3,7H2. The Labute approximate surface area is 141 Å². The molecule has 3 nitrogen and oxygen atoms in total. The van der Waals surface area contributed by atoms with Crippen LogP contribution in [0.2, 0.25) is 10.0 Å². The van der Waals surface area contributed by atoms with Crippen molar-refractivity contribution in [3.8, 4) is 11.6 Å². The molecule has 1 N–H and O–H groups in total. The average Bonchev–Trinajstić information content (AvgIpc) is 3.27. The molecule has 2 aromatic rings. The first-order valence-corrected chi connectivity index (χ1v) is 8.17. The van der Waals surface area contributed by atoms with Gasteiger partial charge in [0.05, 0.1) is 10.0 Å². The summed E-state index contributed by atoms with van der Waals surface area (Å²) in [5, 5.41) is 4.59. The molecule has 1 saturated carbocycles. The quantitative estimate of drug-likeness (QED) is 0.765. The second-order valence-electron chi connectivity index (χ2n) is 4.95. The monoisotopic (exact) mass is 386 g/mol. The number of halogens is 3. The largest absolute Gasteiger partial charge is 0.437 e. The molecule has 1 fully saturated rings. The summed E-state index contributed by atoms with van der Waals surface area (Å²) in [5.41, 5.74) is 0.972. The van der Waals surface area contributed by atoms with Gasteiger partial charge in [-0.05, 0) is 36.6 Å². The second kappa shape index (κ2) is 6.53. The van der Waals surface area contributed by atoms with Crippen molar-refractivity contribution >= 4 is 39.1 Å². The van der Waals surface area contributed by atoms with Crippen LogP contribution in [0.1, 0.15) is 18.4 Å². The van der Waals surface area contributed by atoms with E-state index in [1.807, 2.05) is 12.1 Å². The van der Waals surface area contributed by atoms with Crippen LogP contribution >= 0.6 is 39.1 Å². The number of aromatic nitrogens is 1. The number of hydrogen-bond donors (Lipinski definition) is 1. The van der Waals surface area contributed by atoms with Crippen LogP contribution in [-0.2, 0) is 6.54 Å². The van der Waals surface area contributed by atoms with Gasteiger partial charge in [0, 0.05) is 29.3 Å². The van der Waals surface area contributed by atoms with E-state index in [0.717, 1.165) is 10.0 Å². The predicted octanol–water partition coefficient (Wildman–Crippen LogP) is 5.20. The van der Waals surface area contributed by atoms with E-state index in [0.29, 0.717) is 34.3 Å².